The maximum Gasteiger partial charge on any atom is 0.408 e. The van der Waals surface area contributed by atoms with Crippen molar-refractivity contribution in [3.05, 3.63) is 29.3 Å². The summed E-state index contributed by atoms with van der Waals surface area (Å²) >= 11 is 0. The van der Waals surface area contributed by atoms with Gasteiger partial charge in [-0.2, -0.15) is 5.26 Å². The van der Waals surface area contributed by atoms with Crippen LogP contribution in [0.1, 0.15) is 71.0 Å². The van der Waals surface area contributed by atoms with Crippen molar-refractivity contribution >= 4 is 17.9 Å². The summed E-state index contributed by atoms with van der Waals surface area (Å²) in [6.45, 7) is 10.2. The fourth-order valence-corrected chi connectivity index (χ4v) is 3.20. The van der Waals surface area contributed by atoms with Crippen LogP contribution < -0.4 is 10.6 Å². The van der Waals surface area contributed by atoms with Gasteiger partial charge in [0.1, 0.15) is 30.0 Å². The number of para-hydroxylation sites is 1. The molecule has 0 saturated carbocycles. The van der Waals surface area contributed by atoms with Gasteiger partial charge in [0, 0.05) is 12.1 Å². The fraction of sp³-hybridized carbons (Fsp3) is 0.583. The van der Waals surface area contributed by atoms with E-state index in [1.807, 2.05) is 13.0 Å². The summed E-state index contributed by atoms with van der Waals surface area (Å²) in [5.74, 6) is -1.30. The fourth-order valence-electron chi connectivity index (χ4n) is 3.20. The van der Waals surface area contributed by atoms with Gasteiger partial charge in [-0.05, 0) is 46.6 Å². The minimum absolute atomic E-state index is 0.130. The molecule has 2 unspecified atom stereocenters. The highest BCUT2D eigenvalue weighted by molar-refractivity contribution is 5.92. The van der Waals surface area contributed by atoms with Crippen LogP contribution in [0.4, 0.5) is 4.79 Å². The van der Waals surface area contributed by atoms with Crippen LogP contribution in [-0.2, 0) is 14.3 Å². The molecule has 2 atom stereocenters. The summed E-state index contributed by atoms with van der Waals surface area (Å²) in [5, 5.41) is 25.3. The molecule has 0 spiro atoms. The van der Waals surface area contributed by atoms with E-state index in [0.717, 1.165) is 24.2 Å². The maximum atomic E-state index is 13.3. The molecule has 0 heterocycles. The number of carbonyl (C=O) groups excluding carboxylic acids is 3. The number of hydrogen-bond donors (Lipinski definition) is 3. The highest BCUT2D eigenvalue weighted by atomic mass is 16.6. The topological polar surface area (TPSA) is 132 Å². The van der Waals surface area contributed by atoms with Crippen LogP contribution in [-0.4, -0.2) is 52.6 Å². The number of rotatable bonds is 10. The number of unbranched alkanes of at least 4 members (excludes halogenated alkanes) is 2. The summed E-state index contributed by atoms with van der Waals surface area (Å²) in [5.41, 5.74) is -0.0235. The van der Waals surface area contributed by atoms with E-state index < -0.39 is 42.1 Å². The van der Waals surface area contributed by atoms with Crippen LogP contribution in [0.25, 0.3) is 0 Å². The van der Waals surface area contributed by atoms with Gasteiger partial charge in [-0.25, -0.2) is 4.79 Å². The van der Waals surface area contributed by atoms with Gasteiger partial charge in [0.2, 0.25) is 11.8 Å². The van der Waals surface area contributed by atoms with Gasteiger partial charge in [-0.3, -0.25) is 9.59 Å². The molecule has 1 aromatic rings. The van der Waals surface area contributed by atoms with Gasteiger partial charge >= 0.3 is 6.09 Å². The quantitative estimate of drug-likeness (QED) is 0.362. The smallest absolute Gasteiger partial charge is 0.408 e. The molecule has 1 rings (SSSR count). The average molecular weight is 461 g/mol. The number of aryl methyl sites for hydroxylation is 1. The van der Waals surface area contributed by atoms with Crippen molar-refractivity contribution in [3.8, 4) is 11.8 Å². The molecule has 0 bridgehead atoms. The largest absolute Gasteiger partial charge is 0.507 e. The van der Waals surface area contributed by atoms with E-state index in [0.29, 0.717) is 12.1 Å². The van der Waals surface area contributed by atoms with E-state index in [1.54, 1.807) is 45.9 Å². The lowest BCUT2D eigenvalue weighted by atomic mass is 9.99. The van der Waals surface area contributed by atoms with Crippen LogP contribution in [0.5, 0.6) is 5.75 Å². The lowest BCUT2D eigenvalue weighted by Crippen LogP contribution is -2.52. The second-order valence-corrected chi connectivity index (χ2v) is 8.91. The predicted molar refractivity (Wildman–Crippen MR) is 124 cm³/mol. The second-order valence-electron chi connectivity index (χ2n) is 8.91. The van der Waals surface area contributed by atoms with E-state index in [4.69, 9.17) is 4.74 Å². The molecule has 1 aromatic carbocycles. The molecule has 9 heteroatoms. The molecule has 0 saturated heterocycles. The minimum atomic E-state index is -1.25. The molecule has 3 amide bonds. The van der Waals surface area contributed by atoms with Gasteiger partial charge in [0.25, 0.3) is 0 Å². The molecule has 3 N–H and O–H groups in total. The number of ether oxygens (including phenoxy) is 1. The third kappa shape index (κ3) is 8.64. The van der Waals surface area contributed by atoms with Crippen LogP contribution in [0, 0.1) is 18.3 Å². The predicted octanol–water partition coefficient (Wildman–Crippen LogP) is 3.31. The molecule has 0 aliphatic heterocycles. The Balaban J connectivity index is 3.27. The average Bonchev–Trinajstić information content (AvgIpc) is 2.71. The molecule has 0 aliphatic rings. The first-order valence-electron chi connectivity index (χ1n) is 11.2. The van der Waals surface area contributed by atoms with Gasteiger partial charge in [0.05, 0.1) is 6.07 Å². The van der Waals surface area contributed by atoms with E-state index in [2.05, 4.69) is 10.6 Å². The Morgan fingerprint density at radius 1 is 1.24 bits per heavy atom. The first-order valence-corrected chi connectivity index (χ1v) is 11.2. The van der Waals surface area contributed by atoms with Gasteiger partial charge in [0.15, 0.2) is 0 Å². The van der Waals surface area contributed by atoms with Crippen molar-refractivity contribution in [1.82, 2.24) is 15.5 Å². The zero-order chi connectivity index (χ0) is 25.2. The number of alkyl carbamates (subject to hydrolysis) is 1. The SMILES string of the molecule is CCCCCNC(=O)C(c1cccc(C)c1O)N(CC#N)C(=O)C(C)NC(=O)OC(C)(C)C. The van der Waals surface area contributed by atoms with Crippen molar-refractivity contribution in [2.24, 2.45) is 0 Å². The number of nitriles is 1. The standard InChI is InChI=1S/C24H36N4O5/c1-7-8-9-14-26-21(30)19(18-12-10-11-16(2)20(18)29)28(15-13-25)22(31)17(3)27-23(32)33-24(4,5)6/h10-12,17,19,29H,7-9,14-15H2,1-6H3,(H,26,30)(H,27,32). The van der Waals surface area contributed by atoms with E-state index in [-0.39, 0.29) is 11.3 Å². The van der Waals surface area contributed by atoms with Crippen molar-refractivity contribution < 1.29 is 24.2 Å². The third-order valence-corrected chi connectivity index (χ3v) is 4.83. The highest BCUT2D eigenvalue weighted by Gasteiger charge is 2.36. The first kappa shape index (κ1) is 27.8. The van der Waals surface area contributed by atoms with Crippen molar-refractivity contribution in [2.45, 2.75) is 78.5 Å². The van der Waals surface area contributed by atoms with Gasteiger partial charge < -0.3 is 25.4 Å². The van der Waals surface area contributed by atoms with E-state index in [1.165, 1.54) is 6.92 Å². The summed E-state index contributed by atoms with van der Waals surface area (Å²) in [6.07, 6.45) is 1.88. The highest BCUT2D eigenvalue weighted by Crippen LogP contribution is 2.32. The summed E-state index contributed by atoms with van der Waals surface area (Å²) in [4.78, 5) is 39.7. The third-order valence-electron chi connectivity index (χ3n) is 4.83. The van der Waals surface area contributed by atoms with Gasteiger partial charge in [-0.15, -0.1) is 0 Å². The Labute approximate surface area is 196 Å². The molecule has 33 heavy (non-hydrogen) atoms. The Hall–Kier alpha value is -3.28. The van der Waals surface area contributed by atoms with Crippen molar-refractivity contribution in [1.29, 1.82) is 5.26 Å². The monoisotopic (exact) mass is 460 g/mol. The number of amides is 3. The number of hydrogen-bond acceptors (Lipinski definition) is 6. The molecular weight excluding hydrogens is 424 g/mol. The lowest BCUT2D eigenvalue weighted by Gasteiger charge is -2.32. The normalized spacial score (nSPS) is 12.8. The van der Waals surface area contributed by atoms with E-state index >= 15 is 0 Å². The lowest BCUT2D eigenvalue weighted by molar-refractivity contribution is -0.141. The first-order chi connectivity index (χ1) is 15.4. The van der Waals surface area contributed by atoms with Crippen LogP contribution in [0.2, 0.25) is 0 Å². The Morgan fingerprint density at radius 2 is 1.91 bits per heavy atom. The Morgan fingerprint density at radius 3 is 2.48 bits per heavy atom. The van der Waals surface area contributed by atoms with Crippen LogP contribution in [0.15, 0.2) is 18.2 Å². The van der Waals surface area contributed by atoms with Crippen LogP contribution >= 0.6 is 0 Å². The Kier molecular flexibility index (Phi) is 10.7. The summed E-state index contributed by atoms with van der Waals surface area (Å²) < 4.78 is 5.20. The maximum absolute atomic E-state index is 13.3. The number of nitrogens with zero attached hydrogens (tertiary/aromatic N) is 2. The van der Waals surface area contributed by atoms with Crippen molar-refractivity contribution in [2.75, 3.05) is 13.1 Å². The molecular formula is C24H36N4O5. The number of phenols is 1. The number of carbonyl (C=O) groups is 3. The molecule has 0 aromatic heterocycles. The zero-order valence-corrected chi connectivity index (χ0v) is 20.4. The number of aromatic hydroxyl groups is 1. The zero-order valence-electron chi connectivity index (χ0n) is 20.4. The second kappa shape index (κ2) is 12.7. The molecule has 0 fully saturated rings. The van der Waals surface area contributed by atoms with E-state index in [9.17, 15) is 24.8 Å². The number of benzene rings is 1. The van der Waals surface area contributed by atoms with Crippen molar-refractivity contribution in [3.63, 3.8) is 0 Å². The molecule has 9 nitrogen and oxygen atoms in total. The molecule has 182 valence electrons. The number of phenolic OH excluding ortho intramolecular Hbond substituents is 1. The molecule has 0 aliphatic carbocycles. The number of nitrogens with one attached hydrogen (secondary N) is 2. The minimum Gasteiger partial charge on any atom is -0.507 e. The Bertz CT molecular complexity index is 873. The van der Waals surface area contributed by atoms with Crippen LogP contribution in [0.3, 0.4) is 0 Å². The summed E-state index contributed by atoms with van der Waals surface area (Å²) in [7, 11) is 0. The van der Waals surface area contributed by atoms with Gasteiger partial charge in [-0.1, -0.05) is 38.0 Å². The molecule has 0 radical (unpaired) electrons. The summed E-state index contributed by atoms with van der Waals surface area (Å²) in [6, 6.07) is 4.48.